The Morgan fingerprint density at radius 3 is 2.32 bits per heavy atom. The highest BCUT2D eigenvalue weighted by Gasteiger charge is 2.31. The maximum absolute atomic E-state index is 12.4. The fourth-order valence-electron chi connectivity index (χ4n) is 2.60. The van der Waals surface area contributed by atoms with E-state index in [1.165, 1.54) is 18.2 Å². The van der Waals surface area contributed by atoms with Gasteiger partial charge in [-0.1, -0.05) is 43.3 Å². The van der Waals surface area contributed by atoms with Crippen molar-refractivity contribution < 1.29 is 19.8 Å². The van der Waals surface area contributed by atoms with Crippen LogP contribution in [0.15, 0.2) is 54.6 Å². The molecule has 0 bridgehead atoms. The van der Waals surface area contributed by atoms with E-state index in [0.29, 0.717) is 6.42 Å². The number of hydrogen-bond donors (Lipinski definition) is 3. The van der Waals surface area contributed by atoms with E-state index in [2.05, 4.69) is 5.32 Å². The van der Waals surface area contributed by atoms with Gasteiger partial charge >= 0.3 is 5.97 Å². The van der Waals surface area contributed by atoms with E-state index >= 15 is 0 Å². The van der Waals surface area contributed by atoms with Crippen LogP contribution in [-0.2, 0) is 6.42 Å². The summed E-state index contributed by atoms with van der Waals surface area (Å²) in [5, 5.41) is 22.0. The van der Waals surface area contributed by atoms with E-state index in [-0.39, 0.29) is 23.6 Å². The Hall–Kier alpha value is -2.66. The van der Waals surface area contributed by atoms with Gasteiger partial charge in [-0.25, -0.2) is 4.79 Å². The normalized spacial score (nSPS) is 14.4. The minimum Gasteiger partial charge on any atom is -0.478 e. The van der Waals surface area contributed by atoms with Crippen molar-refractivity contribution in [3.05, 3.63) is 71.3 Å². The molecule has 3 N–H and O–H groups in total. The number of aliphatic hydroxyl groups excluding tert-OH is 1. The molecule has 2 rings (SSSR count). The van der Waals surface area contributed by atoms with Crippen LogP contribution in [0.5, 0.6) is 0 Å². The summed E-state index contributed by atoms with van der Waals surface area (Å²) in [5.41, 5.74) is 0.886. The first-order valence-electron chi connectivity index (χ1n) is 8.15. The number of carbonyl (C=O) groups excluding carboxylic acids is 1. The fourth-order valence-corrected chi connectivity index (χ4v) is 2.60. The predicted molar refractivity (Wildman–Crippen MR) is 95.7 cm³/mol. The lowest BCUT2D eigenvalue weighted by molar-refractivity contribution is 0.0500. The van der Waals surface area contributed by atoms with E-state index in [1.54, 1.807) is 13.0 Å². The molecule has 0 aliphatic heterocycles. The lowest BCUT2D eigenvalue weighted by Crippen LogP contribution is -2.43. The van der Waals surface area contributed by atoms with Crippen LogP contribution < -0.4 is 5.32 Å². The molecule has 25 heavy (non-hydrogen) atoms. The van der Waals surface area contributed by atoms with Crippen molar-refractivity contribution in [3.8, 4) is 0 Å². The minimum absolute atomic E-state index is 0.0650. The summed E-state index contributed by atoms with van der Waals surface area (Å²) < 4.78 is 0. The van der Waals surface area contributed by atoms with Crippen LogP contribution in [0.25, 0.3) is 0 Å². The summed E-state index contributed by atoms with van der Waals surface area (Å²) in [7, 11) is 0. The summed E-state index contributed by atoms with van der Waals surface area (Å²) in [5.74, 6) is -1.43. The van der Waals surface area contributed by atoms with Gasteiger partial charge in [0.25, 0.3) is 5.91 Å². The fraction of sp³-hybridized carbons (Fsp3) is 0.300. The van der Waals surface area contributed by atoms with E-state index in [4.69, 9.17) is 5.11 Å². The monoisotopic (exact) mass is 341 g/mol. The number of aliphatic hydroxyl groups is 1. The lowest BCUT2D eigenvalue weighted by Gasteiger charge is -2.33. The topological polar surface area (TPSA) is 86.6 Å². The molecule has 2 aromatic rings. The molecule has 0 saturated heterocycles. The predicted octanol–water partition coefficient (Wildman–Crippen LogP) is 2.74. The van der Waals surface area contributed by atoms with Crippen LogP contribution in [0.4, 0.5) is 0 Å². The van der Waals surface area contributed by atoms with Crippen molar-refractivity contribution in [1.29, 1.82) is 0 Å². The van der Waals surface area contributed by atoms with Crippen molar-refractivity contribution in [2.45, 2.75) is 26.4 Å². The van der Waals surface area contributed by atoms with Crippen molar-refractivity contribution in [2.24, 2.45) is 5.41 Å². The quantitative estimate of drug-likeness (QED) is 0.723. The molecule has 0 fully saturated rings. The Balaban J connectivity index is 2.09. The molecule has 0 aliphatic rings. The number of hydrogen-bond acceptors (Lipinski definition) is 3. The van der Waals surface area contributed by atoms with E-state index in [0.717, 1.165) is 5.56 Å². The number of carbonyl (C=O) groups is 2. The third-order valence-electron chi connectivity index (χ3n) is 4.48. The zero-order valence-corrected chi connectivity index (χ0v) is 14.4. The highest BCUT2D eigenvalue weighted by molar-refractivity contribution is 5.97. The molecular weight excluding hydrogens is 318 g/mol. The molecule has 5 nitrogen and oxygen atoms in total. The van der Waals surface area contributed by atoms with Gasteiger partial charge < -0.3 is 15.5 Å². The van der Waals surface area contributed by atoms with Crippen molar-refractivity contribution in [1.82, 2.24) is 5.32 Å². The smallest absolute Gasteiger partial charge is 0.335 e. The number of carboxylic acids is 1. The van der Waals surface area contributed by atoms with Crippen LogP contribution in [-0.4, -0.2) is 34.7 Å². The zero-order chi connectivity index (χ0) is 18.4. The molecule has 0 saturated carbocycles. The van der Waals surface area contributed by atoms with Gasteiger partial charge in [-0.05, 0) is 37.1 Å². The highest BCUT2D eigenvalue weighted by Crippen LogP contribution is 2.26. The Labute approximate surface area is 147 Å². The highest BCUT2D eigenvalue weighted by atomic mass is 16.4. The summed E-state index contributed by atoms with van der Waals surface area (Å²) in [6.45, 7) is 3.90. The molecular formula is C20H23NO4. The number of amides is 1. The minimum atomic E-state index is -1.08. The Morgan fingerprint density at radius 2 is 1.72 bits per heavy atom. The number of aromatic carboxylic acids is 1. The Morgan fingerprint density at radius 1 is 1.08 bits per heavy atom. The molecule has 132 valence electrons. The van der Waals surface area contributed by atoms with Gasteiger partial charge in [0.05, 0.1) is 11.7 Å². The first-order valence-corrected chi connectivity index (χ1v) is 8.15. The maximum atomic E-state index is 12.4. The van der Waals surface area contributed by atoms with E-state index in [1.807, 2.05) is 37.3 Å². The van der Waals surface area contributed by atoms with Gasteiger partial charge in [0.2, 0.25) is 0 Å². The summed E-state index contributed by atoms with van der Waals surface area (Å²) in [6, 6.07) is 15.7. The molecule has 0 spiro atoms. The first kappa shape index (κ1) is 18.7. The summed E-state index contributed by atoms with van der Waals surface area (Å²) in [4.78, 5) is 23.4. The van der Waals surface area contributed by atoms with Crippen LogP contribution in [0.3, 0.4) is 0 Å². The third-order valence-corrected chi connectivity index (χ3v) is 4.48. The number of benzene rings is 2. The van der Waals surface area contributed by atoms with Gasteiger partial charge in [-0.15, -0.1) is 0 Å². The molecule has 0 aromatic heterocycles. The molecule has 0 aliphatic carbocycles. The van der Waals surface area contributed by atoms with Crippen LogP contribution in [0.1, 0.15) is 40.1 Å². The maximum Gasteiger partial charge on any atom is 0.335 e. The van der Waals surface area contributed by atoms with E-state index in [9.17, 15) is 14.7 Å². The standard InChI is InChI=1S/C20H23NO4/c1-14(22)20(2,12-15-7-4-3-5-8-15)13-21-18(23)16-9-6-10-17(11-16)19(24)25/h3-11,14,22H,12-13H2,1-2H3,(H,21,23)(H,24,25). The molecule has 2 unspecified atom stereocenters. The molecule has 0 radical (unpaired) electrons. The first-order chi connectivity index (χ1) is 11.8. The molecule has 0 heterocycles. The van der Waals surface area contributed by atoms with Gasteiger partial charge in [0.15, 0.2) is 0 Å². The third kappa shape index (κ3) is 4.90. The summed E-state index contributed by atoms with van der Waals surface area (Å²) >= 11 is 0. The molecule has 2 aromatic carbocycles. The zero-order valence-electron chi connectivity index (χ0n) is 14.4. The second kappa shape index (κ2) is 7.94. The second-order valence-corrected chi connectivity index (χ2v) is 6.56. The number of nitrogens with one attached hydrogen (secondary N) is 1. The Bertz CT molecular complexity index is 742. The van der Waals surface area contributed by atoms with Crippen molar-refractivity contribution in [3.63, 3.8) is 0 Å². The largest absolute Gasteiger partial charge is 0.478 e. The van der Waals surface area contributed by atoms with Gasteiger partial charge in [0, 0.05) is 17.5 Å². The van der Waals surface area contributed by atoms with Crippen LogP contribution in [0.2, 0.25) is 0 Å². The van der Waals surface area contributed by atoms with Gasteiger partial charge in [0.1, 0.15) is 0 Å². The molecule has 5 heteroatoms. The van der Waals surface area contributed by atoms with Gasteiger partial charge in [-0.2, -0.15) is 0 Å². The average Bonchev–Trinajstić information content (AvgIpc) is 2.60. The van der Waals surface area contributed by atoms with Crippen LogP contribution >= 0.6 is 0 Å². The van der Waals surface area contributed by atoms with Crippen LogP contribution in [0, 0.1) is 5.41 Å². The van der Waals surface area contributed by atoms with Gasteiger partial charge in [-0.3, -0.25) is 4.79 Å². The molecule has 1 amide bonds. The SMILES string of the molecule is CC(O)C(C)(CNC(=O)c1cccc(C(=O)O)c1)Cc1ccccc1. The number of carboxylic acid groups (broad SMARTS) is 1. The Kier molecular flexibility index (Phi) is 5.93. The molecule has 2 atom stereocenters. The van der Waals surface area contributed by atoms with E-state index < -0.39 is 17.5 Å². The lowest BCUT2D eigenvalue weighted by atomic mass is 9.79. The van der Waals surface area contributed by atoms with Crippen molar-refractivity contribution >= 4 is 11.9 Å². The average molecular weight is 341 g/mol. The van der Waals surface area contributed by atoms with Crippen molar-refractivity contribution in [2.75, 3.05) is 6.54 Å². The second-order valence-electron chi connectivity index (χ2n) is 6.56. The summed E-state index contributed by atoms with van der Waals surface area (Å²) in [6.07, 6.45) is -0.0145. The number of rotatable bonds is 7.